The lowest BCUT2D eigenvalue weighted by Crippen LogP contribution is -2.41. The standard InChI is InChI=1S/C16H31N3O2S/c20-22(21,12-11-18-8-3-4-9-18)17-16-7-10-19(14-16)13-15-5-1-2-6-15/h15-17H,1-14H2/t16-/m1/s1. The molecule has 128 valence electrons. The Morgan fingerprint density at radius 1 is 0.909 bits per heavy atom. The lowest BCUT2D eigenvalue weighted by molar-refractivity contribution is 0.275. The van der Waals surface area contributed by atoms with Crippen LogP contribution in [0.15, 0.2) is 0 Å². The first-order valence-electron chi connectivity index (χ1n) is 9.05. The highest BCUT2D eigenvalue weighted by Gasteiger charge is 2.28. The van der Waals surface area contributed by atoms with Crippen molar-refractivity contribution in [3.63, 3.8) is 0 Å². The van der Waals surface area contributed by atoms with Gasteiger partial charge in [0.2, 0.25) is 10.0 Å². The SMILES string of the molecule is O=S(=O)(CCN1CCCC1)N[C@@H]1CCN(CC2CCCC2)C1. The van der Waals surface area contributed by atoms with Gasteiger partial charge >= 0.3 is 0 Å². The summed E-state index contributed by atoms with van der Waals surface area (Å²) in [6.45, 7) is 5.94. The summed E-state index contributed by atoms with van der Waals surface area (Å²) in [6, 6.07) is 0.130. The first kappa shape index (κ1) is 16.7. The molecule has 3 fully saturated rings. The quantitative estimate of drug-likeness (QED) is 0.764. The Balaban J connectivity index is 1.38. The predicted octanol–water partition coefficient (Wildman–Crippen LogP) is 1.27. The monoisotopic (exact) mass is 329 g/mol. The van der Waals surface area contributed by atoms with Crippen LogP contribution in [0.4, 0.5) is 0 Å². The van der Waals surface area contributed by atoms with Crippen LogP contribution in [-0.2, 0) is 10.0 Å². The molecule has 0 spiro atoms. The van der Waals surface area contributed by atoms with Crippen LogP contribution in [0.3, 0.4) is 0 Å². The van der Waals surface area contributed by atoms with E-state index in [1.165, 1.54) is 45.1 Å². The van der Waals surface area contributed by atoms with Crippen LogP contribution in [0.5, 0.6) is 0 Å². The highest BCUT2D eigenvalue weighted by Crippen LogP contribution is 2.26. The van der Waals surface area contributed by atoms with Gasteiger partial charge in [-0.3, -0.25) is 0 Å². The van der Waals surface area contributed by atoms with Crippen LogP contribution in [0, 0.1) is 5.92 Å². The van der Waals surface area contributed by atoms with Crippen molar-refractivity contribution >= 4 is 10.0 Å². The molecule has 3 rings (SSSR count). The van der Waals surface area contributed by atoms with Gasteiger partial charge in [0.05, 0.1) is 5.75 Å². The smallest absolute Gasteiger partial charge is 0.213 e. The summed E-state index contributed by atoms with van der Waals surface area (Å²) in [5.74, 6) is 1.11. The third-order valence-corrected chi connectivity index (χ3v) is 6.90. The van der Waals surface area contributed by atoms with Gasteiger partial charge in [-0.1, -0.05) is 12.8 Å². The van der Waals surface area contributed by atoms with Crippen molar-refractivity contribution in [3.05, 3.63) is 0 Å². The second-order valence-corrected chi connectivity index (χ2v) is 9.25. The number of likely N-dealkylation sites (tertiary alicyclic amines) is 2. The van der Waals surface area contributed by atoms with Gasteiger partial charge in [-0.15, -0.1) is 0 Å². The van der Waals surface area contributed by atoms with E-state index >= 15 is 0 Å². The molecule has 0 radical (unpaired) electrons. The van der Waals surface area contributed by atoms with Crippen molar-refractivity contribution in [2.75, 3.05) is 45.0 Å². The number of hydrogen-bond acceptors (Lipinski definition) is 4. The van der Waals surface area contributed by atoms with Gasteiger partial charge in [0, 0.05) is 25.7 Å². The minimum Gasteiger partial charge on any atom is -0.302 e. The maximum absolute atomic E-state index is 12.2. The molecular formula is C16H31N3O2S. The average Bonchev–Trinajstić information content (AvgIpc) is 3.19. The summed E-state index contributed by atoms with van der Waals surface area (Å²) in [4.78, 5) is 4.73. The van der Waals surface area contributed by atoms with Gasteiger partial charge < -0.3 is 9.80 Å². The summed E-state index contributed by atoms with van der Waals surface area (Å²) < 4.78 is 27.4. The Bertz CT molecular complexity index is 442. The minimum absolute atomic E-state index is 0.130. The largest absolute Gasteiger partial charge is 0.302 e. The molecule has 1 aliphatic carbocycles. The molecule has 3 aliphatic rings. The van der Waals surface area contributed by atoms with E-state index in [1.807, 2.05) is 0 Å². The van der Waals surface area contributed by atoms with E-state index in [9.17, 15) is 8.42 Å². The van der Waals surface area contributed by atoms with Crippen LogP contribution < -0.4 is 4.72 Å². The van der Waals surface area contributed by atoms with Gasteiger partial charge in [0.15, 0.2) is 0 Å². The molecule has 0 aromatic carbocycles. The maximum Gasteiger partial charge on any atom is 0.213 e. The van der Waals surface area contributed by atoms with Gasteiger partial charge in [-0.2, -0.15) is 0 Å². The Morgan fingerprint density at radius 3 is 2.36 bits per heavy atom. The predicted molar refractivity (Wildman–Crippen MR) is 89.4 cm³/mol. The zero-order valence-electron chi connectivity index (χ0n) is 13.7. The van der Waals surface area contributed by atoms with Crippen molar-refractivity contribution in [1.29, 1.82) is 0 Å². The maximum atomic E-state index is 12.2. The lowest BCUT2D eigenvalue weighted by Gasteiger charge is -2.20. The first-order valence-corrected chi connectivity index (χ1v) is 10.7. The summed E-state index contributed by atoms with van der Waals surface area (Å²) >= 11 is 0. The molecule has 0 unspecified atom stereocenters. The Hall–Kier alpha value is -0.170. The van der Waals surface area contributed by atoms with Gasteiger partial charge in [0.25, 0.3) is 0 Å². The average molecular weight is 330 g/mol. The summed E-state index contributed by atoms with van der Waals surface area (Å²) in [6.07, 6.45) is 8.88. The van der Waals surface area contributed by atoms with Crippen LogP contribution in [0.25, 0.3) is 0 Å². The minimum atomic E-state index is -3.12. The van der Waals surface area contributed by atoms with Gasteiger partial charge in [0.1, 0.15) is 0 Å². The molecule has 2 aliphatic heterocycles. The zero-order valence-corrected chi connectivity index (χ0v) is 14.5. The van der Waals surface area contributed by atoms with Crippen molar-refractivity contribution < 1.29 is 8.42 Å². The number of nitrogens with zero attached hydrogens (tertiary/aromatic N) is 2. The van der Waals surface area contributed by atoms with E-state index < -0.39 is 10.0 Å². The van der Waals surface area contributed by atoms with E-state index in [1.54, 1.807) is 0 Å². The number of hydrogen-bond donors (Lipinski definition) is 1. The van der Waals surface area contributed by atoms with Crippen LogP contribution in [0.2, 0.25) is 0 Å². The van der Waals surface area contributed by atoms with E-state index in [2.05, 4.69) is 14.5 Å². The second-order valence-electron chi connectivity index (χ2n) is 7.38. The molecule has 0 bridgehead atoms. The fourth-order valence-electron chi connectivity index (χ4n) is 4.22. The van der Waals surface area contributed by atoms with E-state index in [0.717, 1.165) is 38.5 Å². The number of nitrogens with one attached hydrogen (secondary N) is 1. The summed E-state index contributed by atoms with van der Waals surface area (Å²) in [7, 11) is -3.12. The molecule has 1 N–H and O–H groups in total. The fourth-order valence-corrected chi connectivity index (χ4v) is 5.54. The van der Waals surface area contributed by atoms with Crippen LogP contribution in [0.1, 0.15) is 44.9 Å². The van der Waals surface area contributed by atoms with Gasteiger partial charge in [-0.05, 0) is 57.7 Å². The second kappa shape index (κ2) is 7.60. The molecule has 5 nitrogen and oxygen atoms in total. The molecule has 2 heterocycles. The molecule has 0 amide bonds. The normalized spacial score (nSPS) is 28.8. The Labute approximate surface area is 135 Å². The first-order chi connectivity index (χ1) is 10.6. The zero-order chi connectivity index (χ0) is 15.4. The number of rotatable bonds is 7. The molecule has 0 aromatic heterocycles. The highest BCUT2D eigenvalue weighted by molar-refractivity contribution is 7.89. The Morgan fingerprint density at radius 2 is 1.64 bits per heavy atom. The van der Waals surface area contributed by atoms with E-state index in [4.69, 9.17) is 0 Å². The molecular weight excluding hydrogens is 298 g/mol. The molecule has 2 saturated heterocycles. The third kappa shape index (κ3) is 4.91. The van der Waals surface area contributed by atoms with Crippen molar-refractivity contribution in [2.24, 2.45) is 5.92 Å². The van der Waals surface area contributed by atoms with Crippen LogP contribution >= 0.6 is 0 Å². The molecule has 1 saturated carbocycles. The van der Waals surface area contributed by atoms with Crippen molar-refractivity contribution in [3.8, 4) is 0 Å². The topological polar surface area (TPSA) is 52.7 Å². The molecule has 0 aromatic rings. The molecule has 1 atom stereocenters. The van der Waals surface area contributed by atoms with Crippen LogP contribution in [-0.4, -0.2) is 69.3 Å². The summed E-state index contributed by atoms with van der Waals surface area (Å²) in [5, 5.41) is 0. The molecule has 22 heavy (non-hydrogen) atoms. The highest BCUT2D eigenvalue weighted by atomic mass is 32.2. The summed E-state index contributed by atoms with van der Waals surface area (Å²) in [5.41, 5.74) is 0. The fraction of sp³-hybridized carbons (Fsp3) is 1.00. The number of sulfonamides is 1. The third-order valence-electron chi connectivity index (χ3n) is 5.48. The lowest BCUT2D eigenvalue weighted by atomic mass is 10.1. The van der Waals surface area contributed by atoms with E-state index in [-0.39, 0.29) is 11.8 Å². The van der Waals surface area contributed by atoms with Crippen molar-refractivity contribution in [2.45, 2.75) is 51.0 Å². The van der Waals surface area contributed by atoms with Gasteiger partial charge in [-0.25, -0.2) is 13.1 Å². The van der Waals surface area contributed by atoms with E-state index in [0.29, 0.717) is 6.54 Å². The molecule has 6 heteroatoms. The van der Waals surface area contributed by atoms with Crippen molar-refractivity contribution in [1.82, 2.24) is 14.5 Å². The Kier molecular flexibility index (Phi) is 5.76.